The van der Waals surface area contributed by atoms with Crippen LogP contribution in [0, 0.1) is 10.1 Å². The van der Waals surface area contributed by atoms with Crippen molar-refractivity contribution in [3.8, 4) is 0 Å². The molecule has 4 nitrogen and oxygen atoms in total. The SMILES string of the molecule is Cl.[Cl-].[NH3+]Cc1ccc([N+](=O)[O-])cc1. The smallest absolute Gasteiger partial charge is 0.269 e. The van der Waals surface area contributed by atoms with Crippen LogP contribution in [0.25, 0.3) is 0 Å². The first-order valence-corrected chi connectivity index (χ1v) is 3.26. The van der Waals surface area contributed by atoms with Crippen LogP contribution in [-0.4, -0.2) is 4.92 Å². The lowest BCUT2D eigenvalue weighted by Crippen LogP contribution is -3.00. The Balaban J connectivity index is 0. The molecule has 0 aliphatic rings. The summed E-state index contributed by atoms with van der Waals surface area (Å²) in [5.74, 6) is 0. The number of hydrogen-bond acceptors (Lipinski definition) is 2. The van der Waals surface area contributed by atoms with Gasteiger partial charge >= 0.3 is 0 Å². The normalized spacial score (nSPS) is 8.08. The van der Waals surface area contributed by atoms with Gasteiger partial charge in [-0.2, -0.15) is 0 Å². The quantitative estimate of drug-likeness (QED) is 0.456. The van der Waals surface area contributed by atoms with Gasteiger partial charge in [0, 0.05) is 17.7 Å². The van der Waals surface area contributed by atoms with Gasteiger partial charge in [0.25, 0.3) is 5.69 Å². The number of rotatable bonds is 2. The highest BCUT2D eigenvalue weighted by atomic mass is 35.5. The maximum atomic E-state index is 10.2. The summed E-state index contributed by atoms with van der Waals surface area (Å²) in [6.07, 6.45) is 0. The Bertz CT molecular complexity index is 264. The molecule has 0 aliphatic heterocycles. The molecule has 1 rings (SSSR count). The van der Waals surface area contributed by atoms with Crippen LogP contribution in [0.3, 0.4) is 0 Å². The highest BCUT2D eigenvalue weighted by Gasteiger charge is 2.02. The first-order valence-electron chi connectivity index (χ1n) is 3.26. The third-order valence-corrected chi connectivity index (χ3v) is 1.44. The van der Waals surface area contributed by atoms with Crippen LogP contribution in [0.2, 0.25) is 0 Å². The molecule has 6 heteroatoms. The number of benzene rings is 1. The predicted octanol–water partition coefficient (Wildman–Crippen LogP) is -2.24. The summed E-state index contributed by atoms with van der Waals surface area (Å²) in [6.45, 7) is 0.665. The molecule has 3 N–H and O–H groups in total. The van der Waals surface area contributed by atoms with Crippen molar-refractivity contribution in [3.05, 3.63) is 39.9 Å². The topological polar surface area (TPSA) is 70.8 Å². The lowest BCUT2D eigenvalue weighted by atomic mass is 10.2. The fourth-order valence-electron chi connectivity index (χ4n) is 0.784. The molecule has 0 saturated heterocycles. The zero-order chi connectivity index (χ0) is 8.27. The summed E-state index contributed by atoms with van der Waals surface area (Å²) >= 11 is 0. The number of halogens is 2. The molecular weight excluding hydrogens is 215 g/mol. The third kappa shape index (κ3) is 4.07. The predicted molar refractivity (Wildman–Crippen MR) is 46.9 cm³/mol. The number of nitrogens with zero attached hydrogens (tertiary/aromatic N) is 1. The van der Waals surface area contributed by atoms with E-state index < -0.39 is 4.92 Å². The van der Waals surface area contributed by atoms with E-state index in [0.717, 1.165) is 5.56 Å². The maximum Gasteiger partial charge on any atom is 0.269 e. The number of quaternary nitrogens is 1. The molecule has 0 saturated carbocycles. The van der Waals surface area contributed by atoms with Crippen molar-refractivity contribution in [2.45, 2.75) is 6.54 Å². The molecule has 0 radical (unpaired) electrons. The van der Waals surface area contributed by atoms with E-state index in [4.69, 9.17) is 0 Å². The monoisotopic (exact) mass is 224 g/mol. The summed E-state index contributed by atoms with van der Waals surface area (Å²) in [4.78, 5) is 9.78. The Labute approximate surface area is 88.1 Å². The van der Waals surface area contributed by atoms with Crippen LogP contribution in [0.1, 0.15) is 5.56 Å². The number of nitro benzene ring substituents is 1. The molecule has 0 aliphatic carbocycles. The van der Waals surface area contributed by atoms with Gasteiger partial charge in [0.2, 0.25) is 0 Å². The minimum atomic E-state index is -0.410. The van der Waals surface area contributed by atoms with Crippen molar-refractivity contribution in [1.82, 2.24) is 0 Å². The molecule has 13 heavy (non-hydrogen) atoms. The van der Waals surface area contributed by atoms with E-state index in [1.807, 2.05) is 0 Å². The molecular formula is C7H10Cl2N2O2. The lowest BCUT2D eigenvalue weighted by molar-refractivity contribution is -0.387. The number of nitro groups is 1. The van der Waals surface area contributed by atoms with E-state index >= 15 is 0 Å². The molecule has 0 fully saturated rings. The van der Waals surface area contributed by atoms with Crippen molar-refractivity contribution < 1.29 is 23.1 Å². The van der Waals surface area contributed by atoms with Crippen LogP contribution in [0.15, 0.2) is 24.3 Å². The Morgan fingerprint density at radius 1 is 1.31 bits per heavy atom. The molecule has 0 spiro atoms. The van der Waals surface area contributed by atoms with Crippen LogP contribution in [0.5, 0.6) is 0 Å². The van der Waals surface area contributed by atoms with Gasteiger partial charge < -0.3 is 18.1 Å². The van der Waals surface area contributed by atoms with E-state index in [1.54, 1.807) is 12.1 Å². The van der Waals surface area contributed by atoms with Gasteiger partial charge in [0.15, 0.2) is 0 Å². The highest BCUT2D eigenvalue weighted by Crippen LogP contribution is 2.10. The standard InChI is InChI=1S/C7H8N2O2.2ClH/c8-5-6-1-3-7(4-2-6)9(10)11;;/h1-4H,5,8H2;2*1H. The molecule has 0 unspecified atom stereocenters. The lowest BCUT2D eigenvalue weighted by Gasteiger charge is -1.92. The van der Waals surface area contributed by atoms with Crippen LogP contribution in [0.4, 0.5) is 5.69 Å². The molecule has 0 atom stereocenters. The van der Waals surface area contributed by atoms with Gasteiger partial charge in [0.05, 0.1) is 11.5 Å². The van der Waals surface area contributed by atoms with Crippen LogP contribution >= 0.6 is 12.4 Å². The zero-order valence-electron chi connectivity index (χ0n) is 6.77. The Hall–Kier alpha value is -0.840. The van der Waals surface area contributed by atoms with Gasteiger partial charge in [0.1, 0.15) is 0 Å². The summed E-state index contributed by atoms with van der Waals surface area (Å²) in [5.41, 5.74) is 4.80. The van der Waals surface area contributed by atoms with Gasteiger partial charge in [-0.15, -0.1) is 12.4 Å². The molecule has 1 aromatic carbocycles. The minimum absolute atomic E-state index is 0. The molecule has 0 bridgehead atoms. The van der Waals surface area contributed by atoms with Crippen molar-refractivity contribution in [2.24, 2.45) is 0 Å². The first kappa shape index (κ1) is 14.7. The number of hydrogen-bond donors (Lipinski definition) is 1. The summed E-state index contributed by atoms with van der Waals surface area (Å²) < 4.78 is 0. The van der Waals surface area contributed by atoms with Gasteiger partial charge in [-0.1, -0.05) is 0 Å². The van der Waals surface area contributed by atoms with Crippen LogP contribution in [-0.2, 0) is 6.54 Å². The van der Waals surface area contributed by atoms with Gasteiger partial charge in [-0.05, 0) is 12.1 Å². The number of non-ortho nitro benzene ring substituents is 1. The van der Waals surface area contributed by atoms with Crippen LogP contribution < -0.4 is 18.1 Å². The van der Waals surface area contributed by atoms with Gasteiger partial charge in [-0.25, -0.2) is 0 Å². The molecule has 0 aromatic heterocycles. The third-order valence-electron chi connectivity index (χ3n) is 1.44. The fraction of sp³-hybridized carbons (Fsp3) is 0.143. The van der Waals surface area contributed by atoms with Crippen molar-refractivity contribution in [1.29, 1.82) is 0 Å². The molecule has 1 aromatic rings. The van der Waals surface area contributed by atoms with Crippen molar-refractivity contribution >= 4 is 18.1 Å². The maximum absolute atomic E-state index is 10.2. The van der Waals surface area contributed by atoms with Gasteiger partial charge in [-0.3, -0.25) is 10.1 Å². The second-order valence-corrected chi connectivity index (χ2v) is 2.17. The Kier molecular flexibility index (Phi) is 7.51. The largest absolute Gasteiger partial charge is 1.00 e. The minimum Gasteiger partial charge on any atom is -1.00 e. The Morgan fingerprint density at radius 3 is 2.08 bits per heavy atom. The highest BCUT2D eigenvalue weighted by molar-refractivity contribution is 5.85. The average Bonchev–Trinajstić information content (AvgIpc) is 2.05. The first-order chi connectivity index (χ1) is 5.24. The Morgan fingerprint density at radius 2 is 1.77 bits per heavy atom. The molecule has 0 amide bonds. The summed E-state index contributed by atoms with van der Waals surface area (Å²) in [7, 11) is 0. The summed E-state index contributed by atoms with van der Waals surface area (Å²) in [6, 6.07) is 6.40. The van der Waals surface area contributed by atoms with Crippen molar-refractivity contribution in [2.75, 3.05) is 0 Å². The average molecular weight is 225 g/mol. The van der Waals surface area contributed by atoms with Crippen molar-refractivity contribution in [3.63, 3.8) is 0 Å². The summed E-state index contributed by atoms with van der Waals surface area (Å²) in [5, 5.41) is 10.2. The van der Waals surface area contributed by atoms with E-state index in [2.05, 4.69) is 5.73 Å². The second kappa shape index (κ2) is 6.65. The van der Waals surface area contributed by atoms with E-state index in [-0.39, 0.29) is 30.5 Å². The second-order valence-electron chi connectivity index (χ2n) is 2.17. The van der Waals surface area contributed by atoms with E-state index in [1.165, 1.54) is 12.1 Å². The van der Waals surface area contributed by atoms with E-state index in [0.29, 0.717) is 6.54 Å². The fourth-order valence-corrected chi connectivity index (χ4v) is 0.784. The van der Waals surface area contributed by atoms with E-state index in [9.17, 15) is 10.1 Å². The zero-order valence-corrected chi connectivity index (χ0v) is 8.35. The molecule has 74 valence electrons. The molecule has 0 heterocycles.